The Kier molecular flexibility index (Phi) is 5.23. The first-order valence-corrected chi connectivity index (χ1v) is 8.92. The molecular formula is C8H11ClN2O3S3. The highest BCUT2D eigenvalue weighted by Gasteiger charge is 2.19. The monoisotopic (exact) mass is 314 g/mol. The first-order chi connectivity index (χ1) is 7.84. The predicted molar refractivity (Wildman–Crippen MR) is 71.5 cm³/mol. The Bertz CT molecular complexity index is 512. The van der Waals surface area contributed by atoms with Crippen LogP contribution in [0.15, 0.2) is 4.21 Å². The number of rotatable bonds is 5. The molecule has 0 bridgehead atoms. The van der Waals surface area contributed by atoms with Crippen LogP contribution in [-0.4, -0.2) is 30.8 Å². The topological polar surface area (TPSA) is 76.1 Å². The number of aromatic nitrogens is 1. The zero-order valence-corrected chi connectivity index (χ0v) is 12.4. The SMILES string of the molecule is CCSCC(=O)Nc1nc(C)c(S(=O)(=O)Cl)s1. The van der Waals surface area contributed by atoms with Crippen LogP contribution < -0.4 is 5.32 Å². The average Bonchev–Trinajstić information content (AvgIpc) is 2.56. The van der Waals surface area contributed by atoms with Crippen molar-refractivity contribution in [2.45, 2.75) is 18.1 Å². The van der Waals surface area contributed by atoms with Crippen molar-refractivity contribution in [1.82, 2.24) is 4.98 Å². The smallest absolute Gasteiger partial charge is 0.272 e. The third-order valence-corrected chi connectivity index (χ3v) is 5.79. The lowest BCUT2D eigenvalue weighted by molar-refractivity contribution is -0.113. The number of amides is 1. The van der Waals surface area contributed by atoms with Crippen LogP contribution in [0.1, 0.15) is 12.6 Å². The number of hydrogen-bond acceptors (Lipinski definition) is 6. The highest BCUT2D eigenvalue weighted by atomic mass is 35.7. The largest absolute Gasteiger partial charge is 0.301 e. The number of hydrogen-bond donors (Lipinski definition) is 1. The van der Waals surface area contributed by atoms with E-state index in [1.165, 1.54) is 18.7 Å². The van der Waals surface area contributed by atoms with E-state index in [-0.39, 0.29) is 15.2 Å². The number of halogens is 1. The number of nitrogens with zero attached hydrogens (tertiary/aromatic N) is 1. The second kappa shape index (κ2) is 6.03. The van der Waals surface area contributed by atoms with Gasteiger partial charge in [-0.05, 0) is 12.7 Å². The van der Waals surface area contributed by atoms with Crippen LogP contribution in [0.25, 0.3) is 0 Å². The summed E-state index contributed by atoms with van der Waals surface area (Å²) in [5, 5.41) is 2.79. The number of aryl methyl sites for hydroxylation is 1. The molecule has 0 spiro atoms. The summed E-state index contributed by atoms with van der Waals surface area (Å²) in [4.78, 5) is 15.3. The Labute approximate surface area is 112 Å². The van der Waals surface area contributed by atoms with Crippen molar-refractivity contribution in [3.05, 3.63) is 5.69 Å². The van der Waals surface area contributed by atoms with Crippen LogP contribution in [-0.2, 0) is 13.8 Å². The first-order valence-electron chi connectivity index (χ1n) is 4.64. The normalized spacial score (nSPS) is 11.5. The molecule has 0 atom stereocenters. The molecule has 17 heavy (non-hydrogen) atoms. The van der Waals surface area contributed by atoms with Gasteiger partial charge in [-0.2, -0.15) is 11.8 Å². The quantitative estimate of drug-likeness (QED) is 0.842. The molecule has 0 aromatic carbocycles. The fraction of sp³-hybridized carbons (Fsp3) is 0.500. The van der Waals surface area contributed by atoms with Gasteiger partial charge in [-0.25, -0.2) is 13.4 Å². The van der Waals surface area contributed by atoms with Gasteiger partial charge in [-0.1, -0.05) is 18.3 Å². The van der Waals surface area contributed by atoms with Crippen molar-refractivity contribution in [1.29, 1.82) is 0 Å². The van der Waals surface area contributed by atoms with Crippen LogP contribution >= 0.6 is 33.8 Å². The highest BCUT2D eigenvalue weighted by molar-refractivity contribution is 8.15. The second-order valence-electron chi connectivity index (χ2n) is 3.02. The summed E-state index contributed by atoms with van der Waals surface area (Å²) in [5.74, 6) is 0.952. The van der Waals surface area contributed by atoms with Gasteiger partial charge >= 0.3 is 0 Å². The molecule has 1 N–H and O–H groups in total. The maximum absolute atomic E-state index is 11.4. The van der Waals surface area contributed by atoms with Crippen LogP contribution in [0.4, 0.5) is 5.13 Å². The molecule has 1 rings (SSSR count). The molecule has 0 saturated carbocycles. The van der Waals surface area contributed by atoms with Gasteiger partial charge in [0.25, 0.3) is 9.05 Å². The number of anilines is 1. The molecule has 1 aromatic rings. The molecule has 0 aliphatic carbocycles. The van der Waals surface area contributed by atoms with Crippen LogP contribution in [0.5, 0.6) is 0 Å². The molecule has 96 valence electrons. The second-order valence-corrected chi connectivity index (χ2v) is 8.05. The van der Waals surface area contributed by atoms with Crippen molar-refractivity contribution >= 4 is 53.9 Å². The Morgan fingerprint density at radius 2 is 2.24 bits per heavy atom. The summed E-state index contributed by atoms with van der Waals surface area (Å²) in [6, 6.07) is 0. The fourth-order valence-electron chi connectivity index (χ4n) is 1.01. The summed E-state index contributed by atoms with van der Waals surface area (Å²) < 4.78 is 22.3. The zero-order chi connectivity index (χ0) is 13.1. The lowest BCUT2D eigenvalue weighted by Gasteiger charge is -1.98. The van der Waals surface area contributed by atoms with E-state index in [0.717, 1.165) is 17.1 Å². The molecule has 5 nitrogen and oxygen atoms in total. The number of thiazole rings is 1. The maximum Gasteiger partial charge on any atom is 0.272 e. The van der Waals surface area contributed by atoms with Gasteiger partial charge < -0.3 is 5.32 Å². The lowest BCUT2D eigenvalue weighted by Crippen LogP contribution is -2.13. The van der Waals surface area contributed by atoms with Crippen LogP contribution in [0.2, 0.25) is 0 Å². The first kappa shape index (κ1) is 14.7. The van der Waals surface area contributed by atoms with Gasteiger partial charge in [-0.3, -0.25) is 4.79 Å². The minimum atomic E-state index is -3.79. The fourth-order valence-corrected chi connectivity index (χ4v) is 3.84. The van der Waals surface area contributed by atoms with Gasteiger partial charge in [0.2, 0.25) is 5.91 Å². The van der Waals surface area contributed by atoms with Gasteiger partial charge in [0.05, 0.1) is 11.4 Å². The lowest BCUT2D eigenvalue weighted by atomic mass is 10.6. The molecule has 1 heterocycles. The molecule has 0 fully saturated rings. The predicted octanol–water partition coefficient (Wildman–Crippen LogP) is 2.07. The Morgan fingerprint density at radius 1 is 1.59 bits per heavy atom. The number of carbonyl (C=O) groups excluding carboxylic acids is 1. The van der Waals surface area contributed by atoms with Crippen molar-refractivity contribution in [2.24, 2.45) is 0 Å². The third kappa shape index (κ3) is 4.46. The standard InChI is InChI=1S/C8H11ClN2O3S3/c1-3-15-4-6(12)11-8-10-5(2)7(16-8)17(9,13)14/h3-4H2,1-2H3,(H,10,11,12). The molecule has 0 saturated heterocycles. The van der Waals surface area contributed by atoms with E-state index in [9.17, 15) is 13.2 Å². The highest BCUT2D eigenvalue weighted by Crippen LogP contribution is 2.29. The minimum absolute atomic E-state index is 0.0300. The van der Waals surface area contributed by atoms with Gasteiger partial charge in [0.15, 0.2) is 9.34 Å². The summed E-state index contributed by atoms with van der Waals surface area (Å²) in [7, 11) is 1.43. The van der Waals surface area contributed by atoms with E-state index in [4.69, 9.17) is 10.7 Å². The van der Waals surface area contributed by atoms with E-state index in [1.807, 2.05) is 6.92 Å². The minimum Gasteiger partial charge on any atom is -0.301 e. The molecule has 9 heteroatoms. The maximum atomic E-state index is 11.4. The molecule has 1 aromatic heterocycles. The van der Waals surface area contributed by atoms with E-state index in [2.05, 4.69) is 10.3 Å². The Balaban J connectivity index is 2.78. The number of thioether (sulfide) groups is 1. The Morgan fingerprint density at radius 3 is 2.71 bits per heavy atom. The number of nitrogens with one attached hydrogen (secondary N) is 1. The molecule has 1 amide bonds. The summed E-state index contributed by atoms with van der Waals surface area (Å²) >= 11 is 2.33. The van der Waals surface area contributed by atoms with E-state index >= 15 is 0 Å². The molecule has 0 unspecified atom stereocenters. The van der Waals surface area contributed by atoms with Gasteiger partial charge in [-0.15, -0.1) is 0 Å². The molecule has 0 aliphatic rings. The van der Waals surface area contributed by atoms with Crippen molar-refractivity contribution in [2.75, 3.05) is 16.8 Å². The summed E-state index contributed by atoms with van der Waals surface area (Å²) in [6.07, 6.45) is 0. The van der Waals surface area contributed by atoms with Crippen LogP contribution in [0.3, 0.4) is 0 Å². The summed E-state index contributed by atoms with van der Waals surface area (Å²) in [5.41, 5.74) is 0.295. The van der Waals surface area contributed by atoms with Gasteiger partial charge in [0, 0.05) is 10.7 Å². The average molecular weight is 315 g/mol. The van der Waals surface area contributed by atoms with E-state index in [0.29, 0.717) is 11.4 Å². The van der Waals surface area contributed by atoms with E-state index in [1.54, 1.807) is 0 Å². The van der Waals surface area contributed by atoms with E-state index < -0.39 is 9.05 Å². The molecular weight excluding hydrogens is 304 g/mol. The summed E-state index contributed by atoms with van der Waals surface area (Å²) in [6.45, 7) is 3.48. The number of carbonyl (C=O) groups is 1. The Hall–Kier alpha value is -0.310. The van der Waals surface area contributed by atoms with Crippen LogP contribution in [0, 0.1) is 6.92 Å². The van der Waals surface area contributed by atoms with Crippen molar-refractivity contribution in [3.8, 4) is 0 Å². The molecule has 0 aliphatic heterocycles. The zero-order valence-electron chi connectivity index (χ0n) is 9.19. The van der Waals surface area contributed by atoms with Gasteiger partial charge in [0.1, 0.15) is 0 Å². The molecule has 0 radical (unpaired) electrons. The van der Waals surface area contributed by atoms with Crippen molar-refractivity contribution < 1.29 is 13.2 Å². The third-order valence-electron chi connectivity index (χ3n) is 1.66. The van der Waals surface area contributed by atoms with Crippen molar-refractivity contribution in [3.63, 3.8) is 0 Å².